The van der Waals surface area contributed by atoms with Crippen LogP contribution in [0.2, 0.25) is 0 Å². The molecule has 0 saturated heterocycles. The second-order valence-electron chi connectivity index (χ2n) is 11.4. The highest BCUT2D eigenvalue weighted by Crippen LogP contribution is 2.31. The predicted octanol–water partition coefficient (Wildman–Crippen LogP) is 9.39. The van der Waals surface area contributed by atoms with Crippen LogP contribution in [0.5, 0.6) is 5.75 Å². The van der Waals surface area contributed by atoms with Crippen molar-refractivity contribution in [2.75, 3.05) is 6.54 Å². The zero-order valence-electron chi connectivity index (χ0n) is 23.7. The van der Waals surface area contributed by atoms with Gasteiger partial charge >= 0.3 is 0 Å². The quantitative estimate of drug-likeness (QED) is 0.151. The fourth-order valence-corrected chi connectivity index (χ4v) is 4.48. The van der Waals surface area contributed by atoms with Crippen molar-refractivity contribution in [2.45, 2.75) is 143 Å². The number of aryl methyl sites for hydroxylation is 1. The molecule has 2 N–H and O–H groups in total. The van der Waals surface area contributed by atoms with Crippen molar-refractivity contribution in [3.8, 4) is 5.75 Å². The van der Waals surface area contributed by atoms with Crippen molar-refractivity contribution < 1.29 is 9.90 Å². The van der Waals surface area contributed by atoms with Crippen molar-refractivity contribution in [1.82, 2.24) is 5.32 Å². The molecular formula is C32H55NO2. The molecule has 1 amide bonds. The molecule has 0 aliphatic heterocycles. The number of hydrogen-bond donors (Lipinski definition) is 2. The van der Waals surface area contributed by atoms with E-state index >= 15 is 0 Å². The van der Waals surface area contributed by atoms with Gasteiger partial charge in [-0.25, -0.2) is 0 Å². The molecule has 0 fully saturated rings. The minimum Gasteiger partial charge on any atom is -0.507 e. The molecule has 0 aromatic heterocycles. The second kappa shape index (κ2) is 18.5. The zero-order valence-corrected chi connectivity index (χ0v) is 23.7. The molecule has 35 heavy (non-hydrogen) atoms. The Morgan fingerprint density at radius 1 is 0.800 bits per heavy atom. The van der Waals surface area contributed by atoms with Gasteiger partial charge in [0.25, 0.3) is 0 Å². The number of phenolic OH excluding ortho intramolecular Hbond substituents is 1. The van der Waals surface area contributed by atoms with Crippen LogP contribution >= 0.6 is 0 Å². The molecule has 0 aliphatic rings. The predicted molar refractivity (Wildman–Crippen MR) is 153 cm³/mol. The van der Waals surface area contributed by atoms with Gasteiger partial charge in [0, 0.05) is 18.2 Å². The van der Waals surface area contributed by atoms with E-state index in [1.807, 2.05) is 19.1 Å². The molecule has 3 heteroatoms. The first-order valence-electron chi connectivity index (χ1n) is 14.6. The standard InChI is InChI=1S/C32H55NO2/c1-6-7-8-9-10-11-12-13-14-15-16-17-18-19-20-21-24-33-30(34)23-22-28-26-29(32(3,4)5)25-27(2)31(28)35/h22-23,25-26,35H,6-21,24H2,1-5H3,(H,33,34). The number of phenols is 1. The molecule has 0 bridgehead atoms. The molecule has 0 unspecified atom stereocenters. The molecule has 0 spiro atoms. The van der Waals surface area contributed by atoms with Crippen LogP contribution in [-0.4, -0.2) is 17.6 Å². The summed E-state index contributed by atoms with van der Waals surface area (Å²) in [5, 5.41) is 13.3. The topological polar surface area (TPSA) is 49.3 Å². The molecule has 0 radical (unpaired) electrons. The number of amides is 1. The Morgan fingerprint density at radius 2 is 1.26 bits per heavy atom. The number of rotatable bonds is 19. The van der Waals surface area contributed by atoms with Crippen molar-refractivity contribution in [2.24, 2.45) is 0 Å². The Labute approximate surface area is 217 Å². The van der Waals surface area contributed by atoms with Gasteiger partial charge in [0.2, 0.25) is 5.91 Å². The highest BCUT2D eigenvalue weighted by molar-refractivity contribution is 5.92. The normalized spacial score (nSPS) is 11.9. The second-order valence-corrected chi connectivity index (χ2v) is 11.4. The lowest BCUT2D eigenvalue weighted by molar-refractivity contribution is -0.116. The molecule has 200 valence electrons. The molecule has 1 aromatic rings. The molecule has 1 rings (SSSR count). The average molecular weight is 486 g/mol. The highest BCUT2D eigenvalue weighted by atomic mass is 16.3. The van der Waals surface area contributed by atoms with E-state index in [9.17, 15) is 9.90 Å². The van der Waals surface area contributed by atoms with Gasteiger partial charge in [-0.3, -0.25) is 4.79 Å². The Kier molecular flexibility index (Phi) is 16.5. The first-order valence-corrected chi connectivity index (χ1v) is 14.6. The lowest BCUT2D eigenvalue weighted by Gasteiger charge is -2.21. The third-order valence-electron chi connectivity index (χ3n) is 6.94. The summed E-state index contributed by atoms with van der Waals surface area (Å²) in [5.74, 6) is 0.157. The number of aromatic hydroxyl groups is 1. The van der Waals surface area contributed by atoms with E-state index in [0.717, 1.165) is 17.5 Å². The first-order chi connectivity index (χ1) is 16.8. The number of carbonyl (C=O) groups excluding carboxylic acids is 1. The number of benzene rings is 1. The summed E-state index contributed by atoms with van der Waals surface area (Å²) in [6.07, 6.45) is 24.9. The lowest BCUT2D eigenvalue weighted by atomic mass is 9.85. The van der Waals surface area contributed by atoms with Crippen molar-refractivity contribution >= 4 is 12.0 Å². The van der Waals surface area contributed by atoms with E-state index in [1.165, 1.54) is 102 Å². The van der Waals surface area contributed by atoms with E-state index in [2.05, 4.69) is 33.0 Å². The molecule has 0 heterocycles. The Morgan fingerprint density at radius 3 is 1.71 bits per heavy atom. The van der Waals surface area contributed by atoms with Crippen LogP contribution in [0.25, 0.3) is 6.08 Å². The van der Waals surface area contributed by atoms with E-state index in [-0.39, 0.29) is 17.1 Å². The number of nitrogens with one attached hydrogen (secondary N) is 1. The third-order valence-corrected chi connectivity index (χ3v) is 6.94. The minimum atomic E-state index is -0.0934. The van der Waals surface area contributed by atoms with Gasteiger partial charge in [0.15, 0.2) is 0 Å². The van der Waals surface area contributed by atoms with Crippen molar-refractivity contribution in [1.29, 1.82) is 0 Å². The van der Waals surface area contributed by atoms with E-state index in [0.29, 0.717) is 12.1 Å². The molecule has 0 aliphatic carbocycles. The van der Waals surface area contributed by atoms with Gasteiger partial charge in [-0.2, -0.15) is 0 Å². The van der Waals surface area contributed by atoms with Gasteiger partial charge in [-0.05, 0) is 42.0 Å². The molecule has 1 aromatic carbocycles. The van der Waals surface area contributed by atoms with Gasteiger partial charge in [-0.1, -0.05) is 130 Å². The molecule has 0 atom stereocenters. The van der Waals surface area contributed by atoms with Gasteiger partial charge in [0.1, 0.15) is 5.75 Å². The maximum absolute atomic E-state index is 12.2. The largest absolute Gasteiger partial charge is 0.507 e. The van der Waals surface area contributed by atoms with Crippen LogP contribution in [0.3, 0.4) is 0 Å². The zero-order chi connectivity index (χ0) is 25.9. The number of hydrogen-bond acceptors (Lipinski definition) is 2. The molecule has 3 nitrogen and oxygen atoms in total. The van der Waals surface area contributed by atoms with Gasteiger partial charge < -0.3 is 10.4 Å². The Bertz CT molecular complexity index is 730. The lowest BCUT2D eigenvalue weighted by Crippen LogP contribution is -2.22. The van der Waals surface area contributed by atoms with E-state index in [4.69, 9.17) is 0 Å². The smallest absolute Gasteiger partial charge is 0.244 e. The summed E-state index contributed by atoms with van der Waals surface area (Å²) in [4.78, 5) is 12.2. The Hall–Kier alpha value is -1.77. The summed E-state index contributed by atoms with van der Waals surface area (Å²) >= 11 is 0. The maximum atomic E-state index is 12.2. The van der Waals surface area contributed by atoms with Gasteiger partial charge in [0.05, 0.1) is 0 Å². The highest BCUT2D eigenvalue weighted by Gasteiger charge is 2.16. The summed E-state index contributed by atoms with van der Waals surface area (Å²) in [6.45, 7) is 11.3. The van der Waals surface area contributed by atoms with Crippen LogP contribution < -0.4 is 5.32 Å². The average Bonchev–Trinajstić information content (AvgIpc) is 2.81. The van der Waals surface area contributed by atoms with E-state index in [1.54, 1.807) is 6.08 Å². The molecule has 0 saturated carbocycles. The van der Waals surface area contributed by atoms with Crippen LogP contribution in [0.4, 0.5) is 0 Å². The van der Waals surface area contributed by atoms with Crippen LogP contribution in [0, 0.1) is 6.92 Å². The van der Waals surface area contributed by atoms with Gasteiger partial charge in [-0.15, -0.1) is 0 Å². The Balaban J connectivity index is 2.04. The van der Waals surface area contributed by atoms with Crippen LogP contribution in [0.1, 0.15) is 147 Å². The van der Waals surface area contributed by atoms with Crippen molar-refractivity contribution in [3.05, 3.63) is 34.9 Å². The maximum Gasteiger partial charge on any atom is 0.244 e. The van der Waals surface area contributed by atoms with E-state index < -0.39 is 0 Å². The first kappa shape index (κ1) is 31.3. The molecular weight excluding hydrogens is 430 g/mol. The fourth-order valence-electron chi connectivity index (χ4n) is 4.48. The number of unbranched alkanes of at least 4 members (excludes halogenated alkanes) is 15. The SMILES string of the molecule is CCCCCCCCCCCCCCCCCCNC(=O)C=Cc1cc(C(C)(C)C)cc(C)c1O. The summed E-state index contributed by atoms with van der Waals surface area (Å²) in [6, 6.07) is 3.99. The number of carbonyl (C=O) groups is 1. The van der Waals surface area contributed by atoms with Crippen LogP contribution in [-0.2, 0) is 10.2 Å². The summed E-state index contributed by atoms with van der Waals surface area (Å²) in [5.41, 5.74) is 2.69. The fraction of sp³-hybridized carbons (Fsp3) is 0.719. The minimum absolute atomic E-state index is 0.00342. The van der Waals surface area contributed by atoms with Crippen LogP contribution in [0.15, 0.2) is 18.2 Å². The summed E-state index contributed by atoms with van der Waals surface area (Å²) in [7, 11) is 0. The monoisotopic (exact) mass is 485 g/mol. The third kappa shape index (κ3) is 15.1. The van der Waals surface area contributed by atoms with Crippen molar-refractivity contribution in [3.63, 3.8) is 0 Å². The summed E-state index contributed by atoms with van der Waals surface area (Å²) < 4.78 is 0.